The lowest BCUT2D eigenvalue weighted by Gasteiger charge is -2.36. The average molecular weight is 301 g/mol. The number of hydrogen-bond acceptors (Lipinski definition) is 4. The Labute approximate surface area is 126 Å². The first kappa shape index (κ1) is 19.6. The van der Waals surface area contributed by atoms with E-state index in [1.54, 1.807) is 0 Å². The number of allylic oxidation sites excluding steroid dienone is 2. The first-order chi connectivity index (χ1) is 9.95. The number of carbonyl (C=O) groups excluding carboxylic acids is 1. The van der Waals surface area contributed by atoms with E-state index in [0.717, 1.165) is 25.7 Å². The number of carboxylic acid groups (broad SMARTS) is 2. The van der Waals surface area contributed by atoms with Gasteiger partial charge in [-0.15, -0.1) is 0 Å². The Morgan fingerprint density at radius 2 is 1.76 bits per heavy atom. The van der Waals surface area contributed by atoms with Crippen LogP contribution in [0.25, 0.3) is 0 Å². The number of aliphatic hydroxyl groups is 1. The lowest BCUT2D eigenvalue weighted by Crippen LogP contribution is -2.52. The normalized spacial score (nSPS) is 14.2. The molecule has 0 saturated carbocycles. The summed E-state index contributed by atoms with van der Waals surface area (Å²) >= 11 is 0. The molecule has 122 valence electrons. The second-order valence-electron chi connectivity index (χ2n) is 5.30. The van der Waals surface area contributed by atoms with Crippen molar-refractivity contribution in [3.05, 3.63) is 12.2 Å². The summed E-state index contributed by atoms with van der Waals surface area (Å²) in [7, 11) is 0. The SMILES string of the molecule is CC/C=C/CCCC[N+](CO)(CCC(=O)[O-])CCC(=O)O. The highest BCUT2D eigenvalue weighted by Crippen LogP contribution is 2.13. The molecule has 6 heteroatoms. The first-order valence-corrected chi connectivity index (χ1v) is 7.48. The van der Waals surface area contributed by atoms with Crippen molar-refractivity contribution in [2.75, 3.05) is 26.4 Å². The summed E-state index contributed by atoms with van der Waals surface area (Å²) in [5, 5.41) is 29.0. The van der Waals surface area contributed by atoms with Crippen LogP contribution in [-0.4, -0.2) is 53.0 Å². The lowest BCUT2D eigenvalue weighted by molar-refractivity contribution is -0.944. The molecule has 0 aliphatic rings. The van der Waals surface area contributed by atoms with Crippen LogP contribution in [0.2, 0.25) is 0 Å². The minimum Gasteiger partial charge on any atom is -0.550 e. The van der Waals surface area contributed by atoms with Gasteiger partial charge in [0, 0.05) is 12.4 Å². The summed E-state index contributed by atoms with van der Waals surface area (Å²) in [6.45, 7) is 2.85. The maximum atomic E-state index is 10.7. The molecule has 0 radical (unpaired) electrons. The highest BCUT2D eigenvalue weighted by molar-refractivity contribution is 5.66. The fourth-order valence-electron chi connectivity index (χ4n) is 2.20. The molecule has 1 atom stereocenters. The number of hydrogen-bond donors (Lipinski definition) is 2. The minimum atomic E-state index is -1.17. The van der Waals surface area contributed by atoms with E-state index >= 15 is 0 Å². The molecule has 0 aromatic heterocycles. The topological polar surface area (TPSA) is 97.7 Å². The molecule has 0 aliphatic heterocycles. The summed E-state index contributed by atoms with van der Waals surface area (Å²) < 4.78 is 0.109. The van der Waals surface area contributed by atoms with E-state index in [4.69, 9.17) is 5.11 Å². The Hall–Kier alpha value is -1.40. The van der Waals surface area contributed by atoms with Gasteiger partial charge in [-0.3, -0.25) is 4.79 Å². The molecule has 0 aliphatic carbocycles. The molecule has 6 nitrogen and oxygen atoms in total. The van der Waals surface area contributed by atoms with Crippen LogP contribution in [-0.2, 0) is 9.59 Å². The van der Waals surface area contributed by atoms with E-state index in [1.807, 2.05) is 0 Å². The molecular weight excluding hydrogens is 274 g/mol. The third-order valence-electron chi connectivity index (χ3n) is 3.55. The summed E-state index contributed by atoms with van der Waals surface area (Å²) in [4.78, 5) is 21.3. The summed E-state index contributed by atoms with van der Waals surface area (Å²) in [6.07, 6.45) is 7.65. The van der Waals surface area contributed by atoms with Gasteiger partial charge in [-0.1, -0.05) is 19.1 Å². The van der Waals surface area contributed by atoms with E-state index < -0.39 is 11.9 Å². The zero-order valence-corrected chi connectivity index (χ0v) is 12.8. The van der Waals surface area contributed by atoms with Crippen molar-refractivity contribution < 1.29 is 29.4 Å². The smallest absolute Gasteiger partial charge is 0.309 e. The van der Waals surface area contributed by atoms with Gasteiger partial charge in [0.2, 0.25) is 0 Å². The van der Waals surface area contributed by atoms with E-state index in [9.17, 15) is 19.8 Å². The minimum absolute atomic E-state index is 0.0800. The van der Waals surface area contributed by atoms with Gasteiger partial charge in [0.15, 0.2) is 6.73 Å². The fourth-order valence-corrected chi connectivity index (χ4v) is 2.20. The van der Waals surface area contributed by atoms with Crippen LogP contribution in [0.3, 0.4) is 0 Å². The van der Waals surface area contributed by atoms with E-state index in [1.165, 1.54) is 0 Å². The van der Waals surface area contributed by atoms with Crippen molar-refractivity contribution in [2.24, 2.45) is 0 Å². The van der Waals surface area contributed by atoms with Crippen LogP contribution in [0.1, 0.15) is 45.4 Å². The number of unbranched alkanes of at least 4 members (excludes halogenated alkanes) is 2. The van der Waals surface area contributed by atoms with Gasteiger partial charge in [0.25, 0.3) is 0 Å². The Morgan fingerprint density at radius 1 is 1.10 bits per heavy atom. The van der Waals surface area contributed by atoms with Crippen LogP contribution < -0.4 is 5.11 Å². The van der Waals surface area contributed by atoms with E-state index in [2.05, 4.69) is 19.1 Å². The first-order valence-electron chi connectivity index (χ1n) is 7.48. The lowest BCUT2D eigenvalue weighted by atomic mass is 10.1. The zero-order chi connectivity index (χ0) is 16.1. The van der Waals surface area contributed by atoms with E-state index in [0.29, 0.717) is 6.54 Å². The molecule has 0 spiro atoms. The van der Waals surface area contributed by atoms with Gasteiger partial charge in [-0.05, 0) is 25.7 Å². The molecular formula is C15H27NO5. The number of carbonyl (C=O) groups is 2. The standard InChI is InChI=1S/C15H27NO5/c1-2-3-4-5-6-7-10-16(13-17,11-8-14(18)19)12-9-15(20)21/h3-4,17H,2,5-13H2,1H3,(H-,18,19,20,21)/b4-3+. The highest BCUT2D eigenvalue weighted by atomic mass is 16.4. The molecule has 1 unspecified atom stereocenters. The fraction of sp³-hybridized carbons (Fsp3) is 0.733. The van der Waals surface area contributed by atoms with Crippen molar-refractivity contribution in [1.29, 1.82) is 0 Å². The number of nitrogens with zero attached hydrogens (tertiary/aromatic N) is 1. The maximum Gasteiger partial charge on any atom is 0.309 e. The molecule has 0 heterocycles. The monoisotopic (exact) mass is 301 g/mol. The van der Waals surface area contributed by atoms with Crippen molar-refractivity contribution in [3.63, 3.8) is 0 Å². The van der Waals surface area contributed by atoms with Crippen molar-refractivity contribution in [3.8, 4) is 0 Å². The molecule has 0 aromatic carbocycles. The number of quaternary nitrogens is 1. The van der Waals surface area contributed by atoms with Gasteiger partial charge >= 0.3 is 5.97 Å². The number of aliphatic carboxylic acids is 2. The van der Waals surface area contributed by atoms with Crippen molar-refractivity contribution >= 4 is 11.9 Å². The predicted octanol–water partition coefficient (Wildman–Crippen LogP) is 0.504. The molecule has 0 rings (SSSR count). The van der Waals surface area contributed by atoms with Gasteiger partial charge in [-0.25, -0.2) is 0 Å². The zero-order valence-electron chi connectivity index (χ0n) is 12.8. The largest absolute Gasteiger partial charge is 0.550 e. The second kappa shape index (κ2) is 11.3. The summed E-state index contributed by atoms with van der Waals surface area (Å²) in [6, 6.07) is 0. The number of carboxylic acids is 2. The van der Waals surface area contributed by atoms with Crippen LogP contribution in [0.5, 0.6) is 0 Å². The molecule has 21 heavy (non-hydrogen) atoms. The van der Waals surface area contributed by atoms with Crippen molar-refractivity contribution in [2.45, 2.75) is 45.4 Å². The summed E-state index contributed by atoms with van der Waals surface area (Å²) in [5.74, 6) is -2.11. The van der Waals surface area contributed by atoms with Gasteiger partial charge in [0.05, 0.1) is 26.1 Å². The third kappa shape index (κ3) is 10.0. The van der Waals surface area contributed by atoms with Crippen LogP contribution in [0.4, 0.5) is 0 Å². The highest BCUT2D eigenvalue weighted by Gasteiger charge is 2.26. The van der Waals surface area contributed by atoms with Gasteiger partial charge in [0.1, 0.15) is 0 Å². The van der Waals surface area contributed by atoms with Crippen LogP contribution >= 0.6 is 0 Å². The van der Waals surface area contributed by atoms with Gasteiger partial charge < -0.3 is 24.6 Å². The molecule has 0 saturated heterocycles. The Bertz CT molecular complexity index is 323. The molecule has 0 bridgehead atoms. The predicted molar refractivity (Wildman–Crippen MR) is 77.1 cm³/mol. The average Bonchev–Trinajstić information content (AvgIpc) is 2.45. The number of aliphatic hydroxyl groups excluding tert-OH is 1. The van der Waals surface area contributed by atoms with Crippen LogP contribution in [0, 0.1) is 0 Å². The molecule has 0 aromatic rings. The number of rotatable bonds is 13. The summed E-state index contributed by atoms with van der Waals surface area (Å²) in [5.41, 5.74) is 0. The third-order valence-corrected chi connectivity index (χ3v) is 3.55. The van der Waals surface area contributed by atoms with Crippen molar-refractivity contribution in [1.82, 2.24) is 0 Å². The Morgan fingerprint density at radius 3 is 2.29 bits per heavy atom. The Balaban J connectivity index is 4.41. The maximum absolute atomic E-state index is 10.7. The van der Waals surface area contributed by atoms with Crippen LogP contribution in [0.15, 0.2) is 12.2 Å². The van der Waals surface area contributed by atoms with Gasteiger partial charge in [-0.2, -0.15) is 0 Å². The Kier molecular flexibility index (Phi) is 10.5. The second-order valence-corrected chi connectivity index (χ2v) is 5.30. The molecule has 0 fully saturated rings. The molecule has 0 amide bonds. The molecule has 2 N–H and O–H groups in total. The quantitative estimate of drug-likeness (QED) is 0.223. The van der Waals surface area contributed by atoms with E-state index in [-0.39, 0.29) is 37.1 Å².